The molecule has 0 saturated carbocycles. The Morgan fingerprint density at radius 3 is 2.35 bits per heavy atom. The highest BCUT2D eigenvalue weighted by atomic mass is 32.2. The third kappa shape index (κ3) is 3.20. The first kappa shape index (κ1) is 13.3. The van der Waals surface area contributed by atoms with Crippen LogP contribution in [0, 0.1) is 0 Å². The Morgan fingerprint density at radius 1 is 1.24 bits per heavy atom. The van der Waals surface area contributed by atoms with Crippen LogP contribution in [0.15, 0.2) is 0 Å². The molecule has 2 saturated heterocycles. The van der Waals surface area contributed by atoms with E-state index in [4.69, 9.17) is 0 Å². The normalized spacial score (nSPS) is 34.1. The summed E-state index contributed by atoms with van der Waals surface area (Å²) in [6.07, 6.45) is 4.98. The molecule has 2 atom stereocenters. The van der Waals surface area contributed by atoms with Crippen LogP contribution < -0.4 is 5.32 Å². The van der Waals surface area contributed by atoms with Crippen LogP contribution in [0.25, 0.3) is 0 Å². The van der Waals surface area contributed by atoms with Crippen LogP contribution in [0.3, 0.4) is 0 Å². The number of sulfone groups is 1. The van der Waals surface area contributed by atoms with Crippen LogP contribution >= 0.6 is 0 Å². The third-order valence-electron chi connectivity index (χ3n) is 4.38. The number of fused-ring (bicyclic) bond motifs is 2. The van der Waals surface area contributed by atoms with E-state index in [0.717, 1.165) is 0 Å². The van der Waals surface area contributed by atoms with Gasteiger partial charge >= 0.3 is 0 Å². The Labute approximate surface area is 105 Å². The number of nitrogens with one attached hydrogen (secondary N) is 1. The van der Waals surface area contributed by atoms with E-state index in [1.807, 2.05) is 0 Å². The Bertz CT molecular complexity index is 342. The zero-order chi connectivity index (χ0) is 12.5. The minimum absolute atomic E-state index is 0.257. The molecule has 17 heavy (non-hydrogen) atoms. The Balaban J connectivity index is 1.75. The lowest BCUT2D eigenvalue weighted by atomic mass is 9.98. The Hall–Kier alpha value is -0.130. The van der Waals surface area contributed by atoms with Crippen LogP contribution in [0.1, 0.15) is 32.6 Å². The fourth-order valence-corrected chi connectivity index (χ4v) is 3.86. The molecule has 2 unspecified atom stereocenters. The average molecular weight is 260 g/mol. The Kier molecular flexibility index (Phi) is 4.10. The second-order valence-corrected chi connectivity index (χ2v) is 7.88. The summed E-state index contributed by atoms with van der Waals surface area (Å²) in [4.78, 5) is 2.50. The van der Waals surface area contributed by atoms with Crippen molar-refractivity contribution < 1.29 is 8.42 Å². The standard InChI is InChI=1S/C12H24N2O2S/c1-3-17(15,16)7-6-13-10-8-11-4-5-12(9-10)14(11)2/h10-13H,3-9H2,1-2H3. The molecule has 2 aliphatic heterocycles. The van der Waals surface area contributed by atoms with Crippen molar-refractivity contribution in [3.05, 3.63) is 0 Å². The second kappa shape index (κ2) is 5.24. The summed E-state index contributed by atoms with van der Waals surface area (Å²) in [5, 5.41) is 3.43. The van der Waals surface area contributed by atoms with Crippen molar-refractivity contribution in [2.45, 2.75) is 50.7 Å². The number of rotatable bonds is 5. The fraction of sp³-hybridized carbons (Fsp3) is 1.00. The predicted octanol–water partition coefficient (Wildman–Crippen LogP) is 0.636. The van der Waals surface area contributed by atoms with Crippen molar-refractivity contribution >= 4 is 9.84 Å². The highest BCUT2D eigenvalue weighted by Gasteiger charge is 2.37. The lowest BCUT2D eigenvalue weighted by Crippen LogP contribution is -2.48. The second-order valence-electron chi connectivity index (χ2n) is 5.41. The topological polar surface area (TPSA) is 49.4 Å². The van der Waals surface area contributed by atoms with Gasteiger partial charge in [0.1, 0.15) is 0 Å². The number of piperidine rings is 1. The summed E-state index contributed by atoms with van der Waals surface area (Å²) in [5.74, 6) is 0.540. The Morgan fingerprint density at radius 2 is 1.82 bits per heavy atom. The molecule has 0 aromatic rings. The smallest absolute Gasteiger partial charge is 0.151 e. The maximum Gasteiger partial charge on any atom is 0.151 e. The molecule has 0 spiro atoms. The molecule has 0 aliphatic carbocycles. The van der Waals surface area contributed by atoms with Gasteiger partial charge in [-0.2, -0.15) is 0 Å². The van der Waals surface area contributed by atoms with Gasteiger partial charge in [-0.1, -0.05) is 6.92 Å². The minimum atomic E-state index is -2.82. The molecule has 2 bridgehead atoms. The molecule has 4 nitrogen and oxygen atoms in total. The number of hydrogen-bond donors (Lipinski definition) is 1. The first-order valence-corrected chi connectivity index (χ1v) is 8.49. The van der Waals surface area contributed by atoms with E-state index < -0.39 is 9.84 Å². The quantitative estimate of drug-likeness (QED) is 0.788. The van der Waals surface area contributed by atoms with Crippen LogP contribution in [0.2, 0.25) is 0 Å². The van der Waals surface area contributed by atoms with Gasteiger partial charge in [-0.05, 0) is 32.7 Å². The van der Waals surface area contributed by atoms with Gasteiger partial charge in [-0.15, -0.1) is 0 Å². The van der Waals surface area contributed by atoms with E-state index in [-0.39, 0.29) is 11.5 Å². The fourth-order valence-electron chi connectivity index (χ4n) is 3.14. The van der Waals surface area contributed by atoms with Crippen LogP contribution in [-0.4, -0.2) is 56.5 Å². The first-order valence-electron chi connectivity index (χ1n) is 6.67. The van der Waals surface area contributed by atoms with E-state index >= 15 is 0 Å². The summed E-state index contributed by atoms with van der Waals surface area (Å²) >= 11 is 0. The van der Waals surface area contributed by atoms with E-state index in [1.54, 1.807) is 6.92 Å². The van der Waals surface area contributed by atoms with E-state index in [0.29, 0.717) is 24.7 Å². The molecule has 1 N–H and O–H groups in total. The molecule has 0 aromatic heterocycles. The van der Waals surface area contributed by atoms with Gasteiger partial charge in [0, 0.05) is 30.4 Å². The summed E-state index contributed by atoms with van der Waals surface area (Å²) < 4.78 is 22.8. The third-order valence-corrected chi connectivity index (χ3v) is 6.09. The van der Waals surface area contributed by atoms with Crippen LogP contribution in [0.4, 0.5) is 0 Å². The van der Waals surface area contributed by atoms with Crippen molar-refractivity contribution in [2.75, 3.05) is 25.1 Å². The lowest BCUT2D eigenvalue weighted by Gasteiger charge is -2.36. The van der Waals surface area contributed by atoms with Crippen molar-refractivity contribution in [3.63, 3.8) is 0 Å². The van der Waals surface area contributed by atoms with Gasteiger partial charge in [0.15, 0.2) is 9.84 Å². The molecule has 5 heteroatoms. The van der Waals surface area contributed by atoms with E-state index in [9.17, 15) is 8.42 Å². The van der Waals surface area contributed by atoms with Gasteiger partial charge < -0.3 is 10.2 Å². The molecule has 0 radical (unpaired) electrons. The molecular formula is C12H24N2O2S. The highest BCUT2D eigenvalue weighted by Crippen LogP contribution is 2.33. The van der Waals surface area contributed by atoms with Crippen molar-refractivity contribution in [2.24, 2.45) is 0 Å². The zero-order valence-electron chi connectivity index (χ0n) is 10.9. The van der Waals surface area contributed by atoms with E-state index in [1.165, 1.54) is 25.7 Å². The maximum absolute atomic E-state index is 11.4. The first-order chi connectivity index (χ1) is 8.02. The summed E-state index contributed by atoms with van der Waals surface area (Å²) in [6.45, 7) is 2.33. The van der Waals surface area contributed by atoms with Gasteiger partial charge in [0.25, 0.3) is 0 Å². The summed E-state index contributed by atoms with van der Waals surface area (Å²) in [5.41, 5.74) is 0. The minimum Gasteiger partial charge on any atom is -0.313 e. The zero-order valence-corrected chi connectivity index (χ0v) is 11.7. The predicted molar refractivity (Wildman–Crippen MR) is 69.9 cm³/mol. The van der Waals surface area contributed by atoms with Gasteiger partial charge in [0.05, 0.1) is 5.75 Å². The summed E-state index contributed by atoms with van der Waals surface area (Å²) in [6, 6.07) is 1.96. The maximum atomic E-state index is 11.4. The van der Waals surface area contributed by atoms with Crippen molar-refractivity contribution in [1.29, 1.82) is 0 Å². The molecule has 2 heterocycles. The lowest BCUT2D eigenvalue weighted by molar-refractivity contribution is 0.150. The molecule has 100 valence electrons. The summed E-state index contributed by atoms with van der Waals surface area (Å²) in [7, 11) is -0.593. The van der Waals surface area contributed by atoms with Gasteiger partial charge in [-0.3, -0.25) is 0 Å². The monoisotopic (exact) mass is 260 g/mol. The van der Waals surface area contributed by atoms with Crippen LogP contribution in [0.5, 0.6) is 0 Å². The van der Waals surface area contributed by atoms with E-state index in [2.05, 4.69) is 17.3 Å². The van der Waals surface area contributed by atoms with Gasteiger partial charge in [0.2, 0.25) is 0 Å². The number of nitrogens with zero attached hydrogens (tertiary/aromatic N) is 1. The number of hydrogen-bond acceptors (Lipinski definition) is 4. The molecule has 2 fully saturated rings. The largest absolute Gasteiger partial charge is 0.313 e. The van der Waals surface area contributed by atoms with Crippen molar-refractivity contribution in [3.8, 4) is 0 Å². The molecule has 2 aliphatic rings. The van der Waals surface area contributed by atoms with Crippen LogP contribution in [-0.2, 0) is 9.84 Å². The molecule has 0 amide bonds. The molecular weight excluding hydrogens is 236 g/mol. The SMILES string of the molecule is CCS(=O)(=O)CCNC1CC2CCC(C1)N2C. The molecule has 2 rings (SSSR count). The highest BCUT2D eigenvalue weighted by molar-refractivity contribution is 7.91. The van der Waals surface area contributed by atoms with Crippen molar-refractivity contribution in [1.82, 2.24) is 10.2 Å². The average Bonchev–Trinajstić information content (AvgIpc) is 2.53. The van der Waals surface area contributed by atoms with Gasteiger partial charge in [-0.25, -0.2) is 8.42 Å². The molecule has 0 aromatic carbocycles.